The van der Waals surface area contributed by atoms with Crippen molar-refractivity contribution in [3.05, 3.63) is 29.3 Å². The fourth-order valence-corrected chi connectivity index (χ4v) is 2.72. The van der Waals surface area contributed by atoms with E-state index >= 15 is 0 Å². The maximum atomic E-state index is 11.3. The molecule has 1 N–H and O–H groups in total. The van der Waals surface area contributed by atoms with Crippen LogP contribution in [0.15, 0.2) is 18.2 Å². The molecular formula is C15H21NO2. The van der Waals surface area contributed by atoms with Crippen molar-refractivity contribution in [2.75, 3.05) is 18.0 Å². The van der Waals surface area contributed by atoms with Crippen LogP contribution in [0.3, 0.4) is 0 Å². The molecule has 1 aliphatic heterocycles. The zero-order chi connectivity index (χ0) is 13.3. The van der Waals surface area contributed by atoms with E-state index in [9.17, 15) is 9.90 Å². The molecule has 0 aromatic heterocycles. The second-order valence-electron chi connectivity index (χ2n) is 5.47. The van der Waals surface area contributed by atoms with Gasteiger partial charge in [-0.2, -0.15) is 0 Å². The second-order valence-corrected chi connectivity index (χ2v) is 5.47. The Balaban J connectivity index is 2.36. The first kappa shape index (κ1) is 12.9. The van der Waals surface area contributed by atoms with E-state index < -0.39 is 5.97 Å². The number of aromatic carboxylic acids is 1. The third kappa shape index (κ3) is 2.35. The number of rotatable bonds is 2. The lowest BCUT2D eigenvalue weighted by Gasteiger charge is -2.38. The topological polar surface area (TPSA) is 40.5 Å². The van der Waals surface area contributed by atoms with Crippen molar-refractivity contribution in [2.24, 2.45) is 11.8 Å². The van der Waals surface area contributed by atoms with Crippen LogP contribution < -0.4 is 4.90 Å². The molecule has 2 atom stereocenters. The molecule has 18 heavy (non-hydrogen) atoms. The average molecular weight is 247 g/mol. The van der Waals surface area contributed by atoms with Gasteiger partial charge in [-0.15, -0.1) is 0 Å². The molecule has 1 saturated heterocycles. The Morgan fingerprint density at radius 3 is 2.67 bits per heavy atom. The average Bonchev–Trinajstić information content (AvgIpc) is 2.32. The highest BCUT2D eigenvalue weighted by molar-refractivity contribution is 5.95. The minimum absolute atomic E-state index is 0.428. The highest BCUT2D eigenvalue weighted by Gasteiger charge is 2.26. The first-order valence-electron chi connectivity index (χ1n) is 6.58. The highest BCUT2D eigenvalue weighted by atomic mass is 16.4. The summed E-state index contributed by atoms with van der Waals surface area (Å²) in [5.74, 6) is 0.499. The Kier molecular flexibility index (Phi) is 3.60. The van der Waals surface area contributed by atoms with Gasteiger partial charge in [-0.05, 0) is 36.8 Å². The van der Waals surface area contributed by atoms with Crippen LogP contribution in [-0.4, -0.2) is 24.2 Å². The number of anilines is 1. The van der Waals surface area contributed by atoms with Gasteiger partial charge in [0.1, 0.15) is 0 Å². The molecule has 1 fully saturated rings. The Morgan fingerprint density at radius 1 is 1.33 bits per heavy atom. The first-order valence-corrected chi connectivity index (χ1v) is 6.58. The number of para-hydroxylation sites is 1. The SMILES string of the molecule is Cc1cccc(C(=O)O)c1N1CCC(C)C(C)C1. The molecule has 0 aliphatic carbocycles. The Bertz CT molecular complexity index is 456. The largest absolute Gasteiger partial charge is 0.478 e. The summed E-state index contributed by atoms with van der Waals surface area (Å²) in [5.41, 5.74) is 2.39. The van der Waals surface area contributed by atoms with Gasteiger partial charge in [0.15, 0.2) is 0 Å². The molecule has 2 unspecified atom stereocenters. The molecule has 98 valence electrons. The summed E-state index contributed by atoms with van der Waals surface area (Å²) in [4.78, 5) is 13.6. The fraction of sp³-hybridized carbons (Fsp3) is 0.533. The third-order valence-electron chi connectivity index (χ3n) is 4.12. The lowest BCUT2D eigenvalue weighted by Crippen LogP contribution is -2.39. The van der Waals surface area contributed by atoms with Crippen LogP contribution in [-0.2, 0) is 0 Å². The summed E-state index contributed by atoms with van der Waals surface area (Å²) in [6.45, 7) is 8.42. The van der Waals surface area contributed by atoms with Gasteiger partial charge >= 0.3 is 5.97 Å². The molecule has 0 spiro atoms. The van der Waals surface area contributed by atoms with Gasteiger partial charge in [-0.3, -0.25) is 0 Å². The quantitative estimate of drug-likeness (QED) is 0.872. The van der Waals surface area contributed by atoms with Crippen molar-refractivity contribution in [1.29, 1.82) is 0 Å². The number of hydrogen-bond acceptors (Lipinski definition) is 2. The zero-order valence-electron chi connectivity index (χ0n) is 11.3. The molecule has 1 aromatic rings. The fourth-order valence-electron chi connectivity index (χ4n) is 2.72. The van der Waals surface area contributed by atoms with Gasteiger partial charge < -0.3 is 10.0 Å². The lowest BCUT2D eigenvalue weighted by molar-refractivity contribution is 0.0697. The standard InChI is InChI=1S/C15H21NO2/c1-10-7-8-16(9-12(10)3)14-11(2)5-4-6-13(14)15(17)18/h4-6,10,12H,7-9H2,1-3H3,(H,17,18). The number of carboxylic acid groups (broad SMARTS) is 1. The predicted molar refractivity (Wildman–Crippen MR) is 73.3 cm³/mol. The maximum absolute atomic E-state index is 11.3. The van der Waals surface area contributed by atoms with E-state index in [1.807, 2.05) is 19.1 Å². The number of piperidine rings is 1. The van der Waals surface area contributed by atoms with E-state index in [0.717, 1.165) is 36.7 Å². The maximum Gasteiger partial charge on any atom is 0.337 e. The second kappa shape index (κ2) is 5.01. The number of carbonyl (C=O) groups is 1. The Labute approximate surface area is 108 Å². The first-order chi connectivity index (χ1) is 8.50. The molecule has 1 aliphatic rings. The number of hydrogen-bond donors (Lipinski definition) is 1. The molecule has 0 radical (unpaired) electrons. The number of aryl methyl sites for hydroxylation is 1. The van der Waals surface area contributed by atoms with E-state index in [-0.39, 0.29) is 0 Å². The minimum Gasteiger partial charge on any atom is -0.478 e. The van der Waals surface area contributed by atoms with Crippen LogP contribution in [0.4, 0.5) is 5.69 Å². The molecule has 0 amide bonds. The van der Waals surface area contributed by atoms with Gasteiger partial charge in [0.05, 0.1) is 11.3 Å². The van der Waals surface area contributed by atoms with Crippen LogP contribution in [0.25, 0.3) is 0 Å². The van der Waals surface area contributed by atoms with Crippen molar-refractivity contribution in [2.45, 2.75) is 27.2 Å². The zero-order valence-corrected chi connectivity index (χ0v) is 11.3. The van der Waals surface area contributed by atoms with Crippen LogP contribution in [0.2, 0.25) is 0 Å². The molecule has 0 saturated carbocycles. The summed E-state index contributed by atoms with van der Waals surface area (Å²) in [7, 11) is 0. The van der Waals surface area contributed by atoms with Crippen molar-refractivity contribution in [3.63, 3.8) is 0 Å². The summed E-state index contributed by atoms with van der Waals surface area (Å²) in [6, 6.07) is 5.51. The molecule has 1 aromatic carbocycles. The summed E-state index contributed by atoms with van der Waals surface area (Å²) >= 11 is 0. The van der Waals surface area contributed by atoms with Gasteiger partial charge in [-0.25, -0.2) is 4.79 Å². The van der Waals surface area contributed by atoms with Gasteiger partial charge in [-0.1, -0.05) is 26.0 Å². The van der Waals surface area contributed by atoms with Gasteiger partial charge in [0, 0.05) is 13.1 Å². The van der Waals surface area contributed by atoms with Crippen LogP contribution in [0, 0.1) is 18.8 Å². The van der Waals surface area contributed by atoms with Crippen LogP contribution in [0.5, 0.6) is 0 Å². The summed E-state index contributed by atoms with van der Waals surface area (Å²) < 4.78 is 0. The van der Waals surface area contributed by atoms with Crippen molar-refractivity contribution in [3.8, 4) is 0 Å². The Morgan fingerprint density at radius 2 is 2.06 bits per heavy atom. The van der Waals surface area contributed by atoms with Crippen molar-refractivity contribution in [1.82, 2.24) is 0 Å². The molecule has 1 heterocycles. The number of benzene rings is 1. The monoisotopic (exact) mass is 247 g/mol. The van der Waals surface area contributed by atoms with Crippen LogP contribution >= 0.6 is 0 Å². The van der Waals surface area contributed by atoms with Gasteiger partial charge in [0.2, 0.25) is 0 Å². The molecular weight excluding hydrogens is 226 g/mol. The third-order valence-corrected chi connectivity index (χ3v) is 4.12. The lowest BCUT2D eigenvalue weighted by atomic mass is 9.88. The molecule has 0 bridgehead atoms. The van der Waals surface area contributed by atoms with Gasteiger partial charge in [0.25, 0.3) is 0 Å². The predicted octanol–water partition coefficient (Wildman–Crippen LogP) is 3.18. The normalized spacial score (nSPS) is 24.1. The van der Waals surface area contributed by atoms with Crippen molar-refractivity contribution < 1.29 is 9.90 Å². The van der Waals surface area contributed by atoms with E-state index in [1.54, 1.807) is 6.07 Å². The van der Waals surface area contributed by atoms with Crippen LogP contribution in [0.1, 0.15) is 36.2 Å². The smallest absolute Gasteiger partial charge is 0.337 e. The minimum atomic E-state index is -0.833. The number of carboxylic acids is 1. The molecule has 3 heteroatoms. The van der Waals surface area contributed by atoms with E-state index in [0.29, 0.717) is 11.5 Å². The Hall–Kier alpha value is -1.51. The number of nitrogens with zero attached hydrogens (tertiary/aromatic N) is 1. The van der Waals surface area contributed by atoms with E-state index in [1.165, 1.54) is 0 Å². The van der Waals surface area contributed by atoms with E-state index in [2.05, 4.69) is 18.7 Å². The molecule has 3 nitrogen and oxygen atoms in total. The van der Waals surface area contributed by atoms with E-state index in [4.69, 9.17) is 0 Å². The molecule has 2 rings (SSSR count). The van der Waals surface area contributed by atoms with Crippen molar-refractivity contribution >= 4 is 11.7 Å². The highest BCUT2D eigenvalue weighted by Crippen LogP contribution is 2.31. The summed E-state index contributed by atoms with van der Waals surface area (Å²) in [5, 5.41) is 9.31. The summed E-state index contributed by atoms with van der Waals surface area (Å²) in [6.07, 6.45) is 1.13.